The van der Waals surface area contributed by atoms with Crippen LogP contribution in [0.2, 0.25) is 0 Å². The fourth-order valence-corrected chi connectivity index (χ4v) is 1.50. The van der Waals surface area contributed by atoms with E-state index in [-0.39, 0.29) is 6.42 Å². The smallest absolute Gasteiger partial charge is 0.304 e. The molecule has 1 aliphatic heterocycles. The normalized spacial score (nSPS) is 22.9. The van der Waals surface area contributed by atoms with Crippen LogP contribution in [-0.2, 0) is 4.79 Å². The van der Waals surface area contributed by atoms with Gasteiger partial charge < -0.3 is 10.0 Å². The number of rotatable bonds is 3. The number of carboxylic acid groups (broad SMARTS) is 1. The summed E-state index contributed by atoms with van der Waals surface area (Å²) >= 11 is 0. The molecule has 76 valence electrons. The van der Waals surface area contributed by atoms with Crippen molar-refractivity contribution in [1.29, 1.82) is 0 Å². The van der Waals surface area contributed by atoms with Gasteiger partial charge in [0.15, 0.2) is 0 Å². The van der Waals surface area contributed by atoms with E-state index in [2.05, 4.69) is 0 Å². The molecular weight excluding hydrogens is 173 g/mol. The van der Waals surface area contributed by atoms with Crippen LogP contribution >= 0.6 is 0 Å². The standard InChI is InChI=1S/C9H16FNO2/c1-9(10)3-6-11(7-4-9)5-2-8(12)13/h2-7H2,1H3,(H,12,13). The summed E-state index contributed by atoms with van der Waals surface area (Å²) < 4.78 is 13.3. The van der Waals surface area contributed by atoms with Gasteiger partial charge in [0.25, 0.3) is 0 Å². The highest BCUT2D eigenvalue weighted by Crippen LogP contribution is 2.25. The number of nitrogens with zero attached hydrogens (tertiary/aromatic N) is 1. The van der Waals surface area contributed by atoms with Gasteiger partial charge in [0.2, 0.25) is 0 Å². The third-order valence-corrected chi connectivity index (χ3v) is 2.54. The molecule has 1 fully saturated rings. The Balaban J connectivity index is 2.21. The second-order valence-corrected chi connectivity index (χ2v) is 3.90. The Bertz CT molecular complexity index is 184. The first-order valence-electron chi connectivity index (χ1n) is 4.63. The van der Waals surface area contributed by atoms with Crippen molar-refractivity contribution in [3.63, 3.8) is 0 Å². The van der Waals surface area contributed by atoms with E-state index in [1.807, 2.05) is 4.90 Å². The molecule has 1 saturated heterocycles. The van der Waals surface area contributed by atoms with Gasteiger partial charge in [-0.1, -0.05) is 0 Å². The van der Waals surface area contributed by atoms with Crippen molar-refractivity contribution in [2.24, 2.45) is 0 Å². The Hall–Kier alpha value is -0.640. The second kappa shape index (κ2) is 4.05. The van der Waals surface area contributed by atoms with Gasteiger partial charge in [-0.3, -0.25) is 4.79 Å². The molecule has 0 unspecified atom stereocenters. The minimum absolute atomic E-state index is 0.156. The summed E-state index contributed by atoms with van der Waals surface area (Å²) in [6.45, 7) is 3.52. The maximum absolute atomic E-state index is 13.3. The number of likely N-dealkylation sites (tertiary alicyclic amines) is 1. The zero-order valence-corrected chi connectivity index (χ0v) is 7.92. The van der Waals surface area contributed by atoms with Gasteiger partial charge in [0.05, 0.1) is 6.42 Å². The summed E-state index contributed by atoms with van der Waals surface area (Å²) in [6, 6.07) is 0. The minimum Gasteiger partial charge on any atom is -0.481 e. The Morgan fingerprint density at radius 3 is 2.54 bits per heavy atom. The average molecular weight is 189 g/mol. The summed E-state index contributed by atoms with van der Waals surface area (Å²) in [4.78, 5) is 12.3. The summed E-state index contributed by atoms with van der Waals surface area (Å²) in [6.07, 6.45) is 1.20. The highest BCUT2D eigenvalue weighted by molar-refractivity contribution is 5.66. The molecule has 3 nitrogen and oxygen atoms in total. The fraction of sp³-hybridized carbons (Fsp3) is 0.889. The second-order valence-electron chi connectivity index (χ2n) is 3.90. The number of hydrogen-bond acceptors (Lipinski definition) is 2. The van der Waals surface area contributed by atoms with Gasteiger partial charge >= 0.3 is 5.97 Å². The Labute approximate surface area is 77.5 Å². The lowest BCUT2D eigenvalue weighted by molar-refractivity contribution is -0.137. The van der Waals surface area contributed by atoms with Crippen LogP contribution in [0, 0.1) is 0 Å². The van der Waals surface area contributed by atoms with Crippen molar-refractivity contribution < 1.29 is 14.3 Å². The van der Waals surface area contributed by atoms with Crippen molar-refractivity contribution in [2.75, 3.05) is 19.6 Å². The highest BCUT2D eigenvalue weighted by Gasteiger charge is 2.29. The van der Waals surface area contributed by atoms with Gasteiger partial charge in [0.1, 0.15) is 5.67 Å². The summed E-state index contributed by atoms with van der Waals surface area (Å²) in [5.74, 6) is -0.784. The van der Waals surface area contributed by atoms with Gasteiger partial charge in [-0.15, -0.1) is 0 Å². The van der Waals surface area contributed by atoms with E-state index in [9.17, 15) is 9.18 Å². The van der Waals surface area contributed by atoms with Crippen molar-refractivity contribution in [2.45, 2.75) is 31.9 Å². The first-order chi connectivity index (χ1) is 5.99. The predicted octanol–water partition coefficient (Wildman–Crippen LogP) is 1.29. The third kappa shape index (κ3) is 3.72. The zero-order valence-electron chi connectivity index (χ0n) is 7.92. The Morgan fingerprint density at radius 1 is 1.54 bits per heavy atom. The number of alkyl halides is 1. The van der Waals surface area contributed by atoms with E-state index in [1.54, 1.807) is 6.92 Å². The lowest BCUT2D eigenvalue weighted by Crippen LogP contribution is -2.40. The molecule has 0 aromatic carbocycles. The third-order valence-electron chi connectivity index (χ3n) is 2.54. The maximum atomic E-state index is 13.3. The monoisotopic (exact) mass is 189 g/mol. The van der Waals surface area contributed by atoms with Gasteiger partial charge in [-0.2, -0.15) is 0 Å². The predicted molar refractivity (Wildman–Crippen MR) is 47.4 cm³/mol. The van der Waals surface area contributed by atoms with E-state index in [1.165, 1.54) is 0 Å². The number of carbonyl (C=O) groups is 1. The summed E-state index contributed by atoms with van der Waals surface area (Å²) in [5.41, 5.74) is -1.04. The molecule has 1 aliphatic rings. The van der Waals surface area contributed by atoms with Crippen molar-refractivity contribution >= 4 is 5.97 Å². The minimum atomic E-state index is -1.04. The van der Waals surface area contributed by atoms with E-state index in [4.69, 9.17) is 5.11 Å². The molecule has 0 amide bonds. The molecule has 1 rings (SSSR count). The first kappa shape index (κ1) is 10.4. The molecule has 4 heteroatoms. The summed E-state index contributed by atoms with van der Waals surface area (Å²) in [7, 11) is 0. The Kier molecular flexibility index (Phi) is 3.25. The molecule has 0 atom stereocenters. The lowest BCUT2D eigenvalue weighted by Gasteiger charge is -2.33. The highest BCUT2D eigenvalue weighted by atomic mass is 19.1. The maximum Gasteiger partial charge on any atom is 0.304 e. The van der Waals surface area contributed by atoms with Crippen molar-refractivity contribution in [1.82, 2.24) is 4.90 Å². The van der Waals surface area contributed by atoms with E-state index >= 15 is 0 Å². The average Bonchev–Trinajstić information content (AvgIpc) is 2.02. The SMILES string of the molecule is CC1(F)CCN(CCC(=O)O)CC1. The van der Waals surface area contributed by atoms with Gasteiger partial charge in [-0.25, -0.2) is 4.39 Å². The quantitative estimate of drug-likeness (QED) is 0.727. The topological polar surface area (TPSA) is 40.5 Å². The molecular formula is C9H16FNO2. The number of halogens is 1. The van der Waals surface area contributed by atoms with Crippen molar-refractivity contribution in [3.8, 4) is 0 Å². The zero-order chi connectivity index (χ0) is 9.90. The molecule has 0 spiro atoms. The van der Waals surface area contributed by atoms with Crippen LogP contribution in [0.5, 0.6) is 0 Å². The molecule has 0 aromatic rings. The fourth-order valence-electron chi connectivity index (χ4n) is 1.50. The van der Waals surface area contributed by atoms with Gasteiger partial charge in [-0.05, 0) is 19.8 Å². The van der Waals surface area contributed by atoms with Crippen LogP contribution < -0.4 is 0 Å². The molecule has 1 heterocycles. The van der Waals surface area contributed by atoms with Crippen LogP contribution in [0.15, 0.2) is 0 Å². The molecule has 1 N–H and O–H groups in total. The molecule has 0 aromatic heterocycles. The lowest BCUT2D eigenvalue weighted by atomic mass is 9.96. The Morgan fingerprint density at radius 2 is 2.08 bits per heavy atom. The van der Waals surface area contributed by atoms with Crippen LogP contribution in [-0.4, -0.2) is 41.3 Å². The van der Waals surface area contributed by atoms with Crippen LogP contribution in [0.25, 0.3) is 0 Å². The van der Waals surface area contributed by atoms with Crippen molar-refractivity contribution in [3.05, 3.63) is 0 Å². The largest absolute Gasteiger partial charge is 0.481 e. The van der Waals surface area contributed by atoms with Crippen LogP contribution in [0.4, 0.5) is 4.39 Å². The van der Waals surface area contributed by atoms with E-state index in [0.717, 1.165) is 0 Å². The molecule has 0 aliphatic carbocycles. The molecule has 0 radical (unpaired) electrons. The summed E-state index contributed by atoms with van der Waals surface area (Å²) in [5, 5.41) is 8.45. The van der Waals surface area contributed by atoms with E-state index < -0.39 is 11.6 Å². The molecule has 13 heavy (non-hydrogen) atoms. The molecule has 0 saturated carbocycles. The van der Waals surface area contributed by atoms with Gasteiger partial charge in [0, 0.05) is 19.6 Å². The first-order valence-corrected chi connectivity index (χ1v) is 4.63. The number of hydrogen-bond donors (Lipinski definition) is 1. The van der Waals surface area contributed by atoms with Crippen LogP contribution in [0.1, 0.15) is 26.2 Å². The number of carboxylic acids is 1. The van der Waals surface area contributed by atoms with E-state index in [0.29, 0.717) is 32.5 Å². The number of piperidine rings is 1. The van der Waals surface area contributed by atoms with Crippen LogP contribution in [0.3, 0.4) is 0 Å². The molecule has 0 bridgehead atoms. The number of aliphatic carboxylic acids is 1.